The topological polar surface area (TPSA) is 65.0 Å². The monoisotopic (exact) mass is 717 g/mol. The maximum atomic E-state index is 6.77. The Morgan fingerprint density at radius 1 is 0.286 bits per heavy atom. The van der Waals surface area contributed by atoms with Crippen LogP contribution in [0.3, 0.4) is 0 Å². The van der Waals surface area contributed by atoms with E-state index in [0.29, 0.717) is 17.5 Å². The Bertz CT molecular complexity index is 3240. The lowest BCUT2D eigenvalue weighted by molar-refractivity contribution is 0.668. The van der Waals surface area contributed by atoms with Crippen molar-refractivity contribution in [1.82, 2.24) is 15.0 Å². The van der Waals surface area contributed by atoms with E-state index >= 15 is 0 Å². The van der Waals surface area contributed by atoms with Gasteiger partial charge in [-0.05, 0) is 58.1 Å². The summed E-state index contributed by atoms with van der Waals surface area (Å²) in [7, 11) is 0. The lowest BCUT2D eigenvalue weighted by Gasteiger charge is -2.10. The van der Waals surface area contributed by atoms with Crippen molar-refractivity contribution in [2.24, 2.45) is 0 Å². The van der Waals surface area contributed by atoms with Gasteiger partial charge in [0.25, 0.3) is 0 Å². The molecule has 0 unspecified atom stereocenters. The smallest absolute Gasteiger partial charge is 0.164 e. The fraction of sp³-hybridized carbons (Fsp3) is 0. The molecule has 3 aromatic heterocycles. The number of rotatable bonds is 6. The van der Waals surface area contributed by atoms with Crippen molar-refractivity contribution in [3.63, 3.8) is 0 Å². The van der Waals surface area contributed by atoms with Gasteiger partial charge in [0.05, 0.1) is 0 Å². The Kier molecular flexibility index (Phi) is 7.42. The summed E-state index contributed by atoms with van der Waals surface area (Å²) >= 11 is 0. The van der Waals surface area contributed by atoms with Crippen molar-refractivity contribution < 1.29 is 8.83 Å². The van der Waals surface area contributed by atoms with Gasteiger partial charge < -0.3 is 8.83 Å². The summed E-state index contributed by atoms with van der Waals surface area (Å²) < 4.78 is 13.0. The molecule has 8 aromatic carbocycles. The summed E-state index contributed by atoms with van der Waals surface area (Å²) in [5.41, 5.74) is 12.6. The molecule has 0 fully saturated rings. The lowest BCUT2D eigenvalue weighted by Crippen LogP contribution is -2.00. The molecule has 0 bridgehead atoms. The van der Waals surface area contributed by atoms with Crippen LogP contribution in [-0.2, 0) is 0 Å². The highest BCUT2D eigenvalue weighted by atomic mass is 16.3. The number of aromatic nitrogens is 3. The molecule has 5 heteroatoms. The molecule has 0 saturated carbocycles. The Morgan fingerprint density at radius 3 is 1.59 bits per heavy atom. The predicted octanol–water partition coefficient (Wildman–Crippen LogP) is 13.7. The first-order valence-electron chi connectivity index (χ1n) is 18.7. The first-order valence-corrected chi connectivity index (χ1v) is 18.7. The van der Waals surface area contributed by atoms with Gasteiger partial charge in [0.1, 0.15) is 22.3 Å². The van der Waals surface area contributed by atoms with E-state index in [4.69, 9.17) is 23.8 Å². The molecule has 0 N–H and O–H groups in total. The summed E-state index contributed by atoms with van der Waals surface area (Å²) in [5.74, 6) is 1.78. The molecule has 0 spiro atoms. The second-order valence-corrected chi connectivity index (χ2v) is 14.0. The summed E-state index contributed by atoms with van der Waals surface area (Å²) in [6.45, 7) is 0. The number of hydrogen-bond donors (Lipinski definition) is 0. The largest absolute Gasteiger partial charge is 0.456 e. The van der Waals surface area contributed by atoms with Crippen molar-refractivity contribution in [2.75, 3.05) is 0 Å². The molecular formula is C51H31N3O2. The van der Waals surface area contributed by atoms with Gasteiger partial charge in [0, 0.05) is 43.8 Å². The van der Waals surface area contributed by atoms with Gasteiger partial charge >= 0.3 is 0 Å². The van der Waals surface area contributed by atoms with Crippen LogP contribution in [0.5, 0.6) is 0 Å². The third-order valence-corrected chi connectivity index (χ3v) is 10.6. The molecule has 0 radical (unpaired) electrons. The van der Waals surface area contributed by atoms with Crippen LogP contribution < -0.4 is 0 Å². The van der Waals surface area contributed by atoms with Crippen molar-refractivity contribution in [1.29, 1.82) is 0 Å². The number of fused-ring (bicyclic) bond motifs is 6. The standard InChI is InChI=1S/C51H31N3O2/c1-3-12-32(13-4-1)33-24-26-34(27-25-33)36-16-9-17-37(30-36)50-52-49(35-14-5-2-6-15-35)53-51(54-50)38-28-29-39-41-20-10-21-42(48(41)56-46(39)31-38)40-19-11-23-45-47(40)43-18-7-8-22-44(43)55-45/h1-31H. The second kappa shape index (κ2) is 13.0. The average molecular weight is 718 g/mol. The number of benzene rings is 8. The van der Waals surface area contributed by atoms with Crippen LogP contribution in [-0.4, -0.2) is 15.0 Å². The van der Waals surface area contributed by atoms with E-state index in [1.807, 2.05) is 66.7 Å². The Labute approximate surface area is 322 Å². The minimum Gasteiger partial charge on any atom is -0.456 e. The molecule has 3 heterocycles. The zero-order chi connectivity index (χ0) is 37.0. The molecule has 262 valence electrons. The summed E-state index contributed by atoms with van der Waals surface area (Å²) in [5, 5.41) is 4.23. The fourth-order valence-electron chi connectivity index (χ4n) is 7.82. The highest BCUT2D eigenvalue weighted by Gasteiger charge is 2.19. The minimum atomic E-state index is 0.573. The Hall–Kier alpha value is -7.63. The van der Waals surface area contributed by atoms with E-state index in [-0.39, 0.29) is 0 Å². The molecule has 0 atom stereocenters. The van der Waals surface area contributed by atoms with Crippen molar-refractivity contribution in [3.05, 3.63) is 188 Å². The van der Waals surface area contributed by atoms with E-state index in [9.17, 15) is 0 Å². The van der Waals surface area contributed by atoms with Crippen molar-refractivity contribution >= 4 is 43.9 Å². The maximum absolute atomic E-state index is 6.77. The molecule has 0 aliphatic heterocycles. The number of para-hydroxylation sites is 2. The van der Waals surface area contributed by atoms with Crippen LogP contribution in [0.25, 0.3) is 111 Å². The van der Waals surface area contributed by atoms with E-state index < -0.39 is 0 Å². The first kappa shape index (κ1) is 31.9. The van der Waals surface area contributed by atoms with Crippen molar-refractivity contribution in [3.8, 4) is 67.5 Å². The van der Waals surface area contributed by atoms with Gasteiger partial charge in [-0.2, -0.15) is 0 Å². The normalized spacial score (nSPS) is 11.6. The molecule has 0 aliphatic carbocycles. The average Bonchev–Trinajstić information content (AvgIpc) is 3.85. The zero-order valence-corrected chi connectivity index (χ0v) is 30.1. The summed E-state index contributed by atoms with van der Waals surface area (Å²) in [4.78, 5) is 15.1. The van der Waals surface area contributed by atoms with E-state index in [1.165, 1.54) is 11.1 Å². The summed E-state index contributed by atoms with van der Waals surface area (Å²) in [6.07, 6.45) is 0. The fourth-order valence-corrected chi connectivity index (χ4v) is 7.82. The number of nitrogens with zero attached hydrogens (tertiary/aromatic N) is 3. The van der Waals surface area contributed by atoms with Gasteiger partial charge in [-0.1, -0.05) is 158 Å². The molecule has 0 aliphatic rings. The van der Waals surface area contributed by atoms with Gasteiger partial charge in [0.2, 0.25) is 0 Å². The predicted molar refractivity (Wildman–Crippen MR) is 227 cm³/mol. The first-order chi connectivity index (χ1) is 27.7. The SMILES string of the molecule is c1ccc(-c2ccc(-c3cccc(-c4nc(-c5ccccc5)nc(-c5ccc6c(c5)oc5c(-c7cccc8oc9ccccc9c78)cccc56)n4)c3)cc2)cc1. The second-order valence-electron chi connectivity index (χ2n) is 14.0. The van der Waals surface area contributed by atoms with Crippen LogP contribution in [0, 0.1) is 0 Å². The van der Waals surface area contributed by atoms with Crippen LogP contribution in [0.15, 0.2) is 197 Å². The van der Waals surface area contributed by atoms with Crippen LogP contribution in [0.4, 0.5) is 0 Å². The molecule has 0 amide bonds. The molecule has 56 heavy (non-hydrogen) atoms. The highest BCUT2D eigenvalue weighted by Crippen LogP contribution is 2.42. The lowest BCUT2D eigenvalue weighted by atomic mass is 9.97. The van der Waals surface area contributed by atoms with E-state index in [1.54, 1.807) is 0 Å². The van der Waals surface area contributed by atoms with Gasteiger partial charge in [-0.3, -0.25) is 0 Å². The van der Waals surface area contributed by atoms with E-state index in [0.717, 1.165) is 82.8 Å². The van der Waals surface area contributed by atoms with Crippen LogP contribution in [0.1, 0.15) is 0 Å². The quantitative estimate of drug-likeness (QED) is 0.171. The third kappa shape index (κ3) is 5.45. The molecule has 11 aromatic rings. The minimum absolute atomic E-state index is 0.573. The number of hydrogen-bond acceptors (Lipinski definition) is 5. The molecule has 0 saturated heterocycles. The third-order valence-electron chi connectivity index (χ3n) is 10.6. The summed E-state index contributed by atoms with van der Waals surface area (Å²) in [6, 6.07) is 64.5. The zero-order valence-electron chi connectivity index (χ0n) is 30.1. The molecule has 5 nitrogen and oxygen atoms in total. The van der Waals surface area contributed by atoms with Crippen LogP contribution in [0.2, 0.25) is 0 Å². The van der Waals surface area contributed by atoms with E-state index in [2.05, 4.69) is 121 Å². The van der Waals surface area contributed by atoms with Crippen LogP contribution >= 0.6 is 0 Å². The number of furan rings is 2. The maximum Gasteiger partial charge on any atom is 0.164 e. The van der Waals surface area contributed by atoms with Gasteiger partial charge in [-0.15, -0.1) is 0 Å². The van der Waals surface area contributed by atoms with Gasteiger partial charge in [-0.25, -0.2) is 15.0 Å². The highest BCUT2D eigenvalue weighted by molar-refractivity contribution is 6.17. The Balaban J connectivity index is 1.02. The molecule has 11 rings (SSSR count). The Morgan fingerprint density at radius 2 is 0.804 bits per heavy atom. The molecular weight excluding hydrogens is 687 g/mol. The van der Waals surface area contributed by atoms with Crippen molar-refractivity contribution in [2.45, 2.75) is 0 Å². The van der Waals surface area contributed by atoms with Gasteiger partial charge in [0.15, 0.2) is 17.5 Å².